The summed E-state index contributed by atoms with van der Waals surface area (Å²) in [5.74, 6) is 1.11. The van der Waals surface area contributed by atoms with E-state index in [0.29, 0.717) is 5.54 Å². The fraction of sp³-hybridized carbons (Fsp3) is 0.500. The summed E-state index contributed by atoms with van der Waals surface area (Å²) in [4.78, 5) is 14.2. The smallest absolute Gasteiger partial charge is 0.138 e. The molecule has 4 heteroatoms. The third-order valence-electron chi connectivity index (χ3n) is 4.86. The fourth-order valence-corrected chi connectivity index (χ4v) is 3.32. The molecular weight excluding hydrogens is 248 g/mol. The first-order chi connectivity index (χ1) is 9.68. The van der Waals surface area contributed by atoms with Crippen LogP contribution in [0.15, 0.2) is 24.4 Å². The van der Waals surface area contributed by atoms with Gasteiger partial charge in [-0.3, -0.25) is 9.88 Å². The number of aromatic nitrogens is 2. The highest BCUT2D eigenvalue weighted by Crippen LogP contribution is 2.44. The van der Waals surface area contributed by atoms with Gasteiger partial charge in [-0.2, -0.15) is 0 Å². The minimum absolute atomic E-state index is 0.417. The second-order valence-electron chi connectivity index (χ2n) is 6.22. The van der Waals surface area contributed by atoms with Crippen molar-refractivity contribution in [2.24, 2.45) is 0 Å². The van der Waals surface area contributed by atoms with E-state index in [-0.39, 0.29) is 0 Å². The zero-order chi connectivity index (χ0) is 13.7. The lowest BCUT2D eigenvalue weighted by molar-refractivity contribution is 0.198. The Kier molecular flexibility index (Phi) is 2.51. The summed E-state index contributed by atoms with van der Waals surface area (Å²) in [6, 6.07) is 6.25. The van der Waals surface area contributed by atoms with Gasteiger partial charge in [-0.05, 0) is 45.0 Å². The Bertz CT molecular complexity index is 663. The van der Waals surface area contributed by atoms with Crippen LogP contribution in [0, 0.1) is 6.92 Å². The average molecular weight is 268 g/mol. The fourth-order valence-electron chi connectivity index (χ4n) is 3.32. The van der Waals surface area contributed by atoms with Crippen molar-refractivity contribution >= 4 is 16.7 Å². The summed E-state index contributed by atoms with van der Waals surface area (Å²) in [5, 5.41) is 1.18. The summed E-state index contributed by atoms with van der Waals surface area (Å²) in [6.07, 6.45) is 4.53. The first kappa shape index (κ1) is 12.1. The van der Waals surface area contributed by atoms with E-state index in [1.54, 1.807) is 0 Å². The Morgan fingerprint density at radius 1 is 1.15 bits per heavy atom. The molecule has 20 heavy (non-hydrogen) atoms. The van der Waals surface area contributed by atoms with Crippen molar-refractivity contribution in [3.8, 4) is 0 Å². The molecule has 0 bridgehead atoms. The van der Waals surface area contributed by atoms with E-state index in [9.17, 15) is 0 Å². The van der Waals surface area contributed by atoms with Gasteiger partial charge in [-0.1, -0.05) is 0 Å². The van der Waals surface area contributed by atoms with Crippen LogP contribution >= 0.6 is 0 Å². The molecule has 0 unspecified atom stereocenters. The highest BCUT2D eigenvalue weighted by molar-refractivity contribution is 5.89. The highest BCUT2D eigenvalue weighted by Gasteiger charge is 2.49. The van der Waals surface area contributed by atoms with Gasteiger partial charge >= 0.3 is 0 Å². The standard InChI is InChI=1S/C16H20N4/c1-12-3-4-13-14(18-12)5-8-17-15(13)20-10-9-19(2)16(11-20)6-7-16/h3-5,8H,6-7,9-11H2,1-2H3. The van der Waals surface area contributed by atoms with Crippen LogP contribution in [0.4, 0.5) is 5.82 Å². The largest absolute Gasteiger partial charge is 0.353 e. The third-order valence-corrected chi connectivity index (χ3v) is 4.86. The molecular formula is C16H20N4. The summed E-state index contributed by atoms with van der Waals surface area (Å²) in [5.41, 5.74) is 2.53. The third kappa shape index (κ3) is 1.79. The predicted octanol–water partition coefficient (Wildman–Crippen LogP) is 2.22. The van der Waals surface area contributed by atoms with Crippen LogP contribution in [0.5, 0.6) is 0 Å². The molecule has 104 valence electrons. The van der Waals surface area contributed by atoms with Crippen LogP contribution in [-0.2, 0) is 0 Å². The van der Waals surface area contributed by atoms with Crippen LogP contribution in [0.3, 0.4) is 0 Å². The van der Waals surface area contributed by atoms with Gasteiger partial charge in [0.2, 0.25) is 0 Å². The number of fused-ring (bicyclic) bond motifs is 1. The molecule has 0 amide bonds. The molecule has 2 fully saturated rings. The molecule has 1 spiro atoms. The van der Waals surface area contributed by atoms with Crippen molar-refractivity contribution < 1.29 is 0 Å². The van der Waals surface area contributed by atoms with E-state index < -0.39 is 0 Å². The van der Waals surface area contributed by atoms with Gasteiger partial charge in [0.15, 0.2) is 0 Å². The van der Waals surface area contributed by atoms with E-state index in [4.69, 9.17) is 0 Å². The van der Waals surface area contributed by atoms with Crippen LogP contribution in [0.1, 0.15) is 18.5 Å². The van der Waals surface area contributed by atoms with Gasteiger partial charge in [0.25, 0.3) is 0 Å². The molecule has 4 rings (SSSR count). The van der Waals surface area contributed by atoms with Crippen molar-refractivity contribution in [1.29, 1.82) is 0 Å². The molecule has 3 heterocycles. The maximum atomic E-state index is 4.65. The maximum absolute atomic E-state index is 4.65. The quantitative estimate of drug-likeness (QED) is 0.794. The summed E-state index contributed by atoms with van der Waals surface area (Å²) < 4.78 is 0. The first-order valence-electron chi connectivity index (χ1n) is 7.37. The van der Waals surface area contributed by atoms with Gasteiger partial charge < -0.3 is 4.90 Å². The topological polar surface area (TPSA) is 32.3 Å². The zero-order valence-corrected chi connectivity index (χ0v) is 12.1. The number of piperazine rings is 1. The van der Waals surface area contributed by atoms with Gasteiger partial charge in [-0.15, -0.1) is 0 Å². The molecule has 0 aromatic carbocycles. The van der Waals surface area contributed by atoms with E-state index in [1.807, 2.05) is 19.2 Å². The van der Waals surface area contributed by atoms with Crippen molar-refractivity contribution in [2.75, 3.05) is 31.6 Å². The number of nitrogens with zero attached hydrogens (tertiary/aromatic N) is 4. The number of pyridine rings is 2. The number of hydrogen-bond donors (Lipinski definition) is 0. The van der Waals surface area contributed by atoms with E-state index in [0.717, 1.165) is 36.7 Å². The summed E-state index contributed by atoms with van der Waals surface area (Å²) in [7, 11) is 2.26. The number of aryl methyl sites for hydroxylation is 1. The maximum Gasteiger partial charge on any atom is 0.138 e. The second-order valence-corrected chi connectivity index (χ2v) is 6.22. The highest BCUT2D eigenvalue weighted by atomic mass is 15.3. The number of hydrogen-bond acceptors (Lipinski definition) is 4. The Balaban J connectivity index is 1.75. The molecule has 1 saturated heterocycles. The first-order valence-corrected chi connectivity index (χ1v) is 7.37. The van der Waals surface area contributed by atoms with E-state index >= 15 is 0 Å². The molecule has 0 radical (unpaired) electrons. The molecule has 4 nitrogen and oxygen atoms in total. The predicted molar refractivity (Wildman–Crippen MR) is 81.1 cm³/mol. The number of anilines is 1. The Labute approximate surface area is 119 Å². The SMILES string of the molecule is Cc1ccc2c(N3CCN(C)C4(CC4)C3)nccc2n1. The van der Waals surface area contributed by atoms with Crippen LogP contribution in [-0.4, -0.2) is 47.1 Å². The Hall–Kier alpha value is -1.68. The average Bonchev–Trinajstić information content (AvgIpc) is 3.22. The van der Waals surface area contributed by atoms with Crippen molar-refractivity contribution in [1.82, 2.24) is 14.9 Å². The number of rotatable bonds is 1. The lowest BCUT2D eigenvalue weighted by atomic mass is 10.1. The molecule has 2 aromatic heterocycles. The van der Waals surface area contributed by atoms with Crippen molar-refractivity contribution in [3.05, 3.63) is 30.1 Å². The van der Waals surface area contributed by atoms with E-state index in [1.165, 1.54) is 18.2 Å². The minimum Gasteiger partial charge on any atom is -0.353 e. The molecule has 0 atom stereocenters. The van der Waals surface area contributed by atoms with Gasteiger partial charge in [0.1, 0.15) is 5.82 Å². The Morgan fingerprint density at radius 3 is 2.80 bits per heavy atom. The molecule has 0 N–H and O–H groups in total. The Morgan fingerprint density at radius 2 is 2.00 bits per heavy atom. The van der Waals surface area contributed by atoms with Crippen molar-refractivity contribution in [3.63, 3.8) is 0 Å². The normalized spacial score (nSPS) is 21.6. The van der Waals surface area contributed by atoms with Crippen LogP contribution in [0.2, 0.25) is 0 Å². The summed E-state index contributed by atoms with van der Waals surface area (Å²) in [6.45, 7) is 5.31. The zero-order valence-electron chi connectivity index (χ0n) is 12.1. The molecule has 1 saturated carbocycles. The van der Waals surface area contributed by atoms with Gasteiger partial charge in [0.05, 0.1) is 5.52 Å². The summed E-state index contributed by atoms with van der Waals surface area (Å²) >= 11 is 0. The molecule has 1 aliphatic heterocycles. The van der Waals surface area contributed by atoms with E-state index in [2.05, 4.69) is 38.9 Å². The monoisotopic (exact) mass is 268 g/mol. The second kappa shape index (κ2) is 4.16. The molecule has 2 aliphatic rings. The van der Waals surface area contributed by atoms with Crippen molar-refractivity contribution in [2.45, 2.75) is 25.3 Å². The lowest BCUT2D eigenvalue weighted by Gasteiger charge is -2.41. The minimum atomic E-state index is 0.417. The molecule has 1 aliphatic carbocycles. The van der Waals surface area contributed by atoms with Gasteiger partial charge in [0, 0.05) is 42.5 Å². The number of likely N-dealkylation sites (N-methyl/N-ethyl adjacent to an activating group) is 1. The molecule has 2 aromatic rings. The van der Waals surface area contributed by atoms with Crippen LogP contribution in [0.25, 0.3) is 10.9 Å². The van der Waals surface area contributed by atoms with Gasteiger partial charge in [-0.25, -0.2) is 4.98 Å². The lowest BCUT2D eigenvalue weighted by Crippen LogP contribution is -2.53. The van der Waals surface area contributed by atoms with Crippen LogP contribution < -0.4 is 4.90 Å².